The molecule has 0 aliphatic heterocycles. The van der Waals surface area contributed by atoms with E-state index in [-0.39, 0.29) is 36.0 Å². The van der Waals surface area contributed by atoms with E-state index in [2.05, 4.69) is 0 Å². The summed E-state index contributed by atoms with van der Waals surface area (Å²) in [5, 5.41) is 7.06. The molecule has 0 aromatic heterocycles. The molecular weight excluding hydrogens is 348 g/mol. The molecule has 0 bridgehead atoms. The van der Waals surface area contributed by atoms with Crippen LogP contribution in [-0.2, 0) is 14.3 Å². The van der Waals surface area contributed by atoms with Gasteiger partial charge >= 0.3 is 17.2 Å². The first kappa shape index (κ1) is 20.7. The number of ether oxygens (including phenoxy) is 2. The van der Waals surface area contributed by atoms with Gasteiger partial charge in [-0.2, -0.15) is 0 Å². The van der Waals surface area contributed by atoms with E-state index in [1.54, 1.807) is 26.0 Å². The molecule has 0 amide bonds. The highest BCUT2D eigenvalue weighted by Crippen LogP contribution is 2.24. The third kappa shape index (κ3) is 7.38. The quantitative estimate of drug-likeness (QED) is 0.697. The number of benzene rings is 1. The molecule has 0 aliphatic rings. The zero-order chi connectivity index (χ0) is 19.0. The van der Waals surface area contributed by atoms with Crippen LogP contribution in [0.1, 0.15) is 44.0 Å². The van der Waals surface area contributed by atoms with Gasteiger partial charge in [0.15, 0.2) is 0 Å². The summed E-state index contributed by atoms with van der Waals surface area (Å²) in [7, 11) is 0. The number of hydrogen-bond donors (Lipinski definition) is 1. The highest BCUT2D eigenvalue weighted by molar-refractivity contribution is 8.14. The Balaban J connectivity index is 2.70. The SMILES string of the molecule is CC(C)OC(=O)c1ccccc1OC(=O)SC(C)C(=O)CCC(=O)O. The van der Waals surface area contributed by atoms with Crippen LogP contribution < -0.4 is 4.74 Å². The number of rotatable bonds is 8. The molecule has 25 heavy (non-hydrogen) atoms. The first-order valence-corrected chi connectivity index (χ1v) is 8.51. The van der Waals surface area contributed by atoms with E-state index >= 15 is 0 Å². The Morgan fingerprint density at radius 1 is 1.08 bits per heavy atom. The van der Waals surface area contributed by atoms with Crippen LogP contribution in [0, 0.1) is 0 Å². The first-order valence-electron chi connectivity index (χ1n) is 7.63. The zero-order valence-corrected chi connectivity index (χ0v) is 15.0. The molecule has 136 valence electrons. The molecule has 1 atom stereocenters. The Kier molecular flexibility index (Phi) is 8.13. The lowest BCUT2D eigenvalue weighted by molar-refractivity contribution is -0.138. The second-order valence-electron chi connectivity index (χ2n) is 5.42. The van der Waals surface area contributed by atoms with Crippen molar-refractivity contribution < 1.29 is 33.8 Å². The van der Waals surface area contributed by atoms with Crippen molar-refractivity contribution in [3.8, 4) is 5.75 Å². The summed E-state index contributed by atoms with van der Waals surface area (Å²) in [6, 6.07) is 6.13. The van der Waals surface area contributed by atoms with E-state index in [9.17, 15) is 19.2 Å². The second-order valence-corrected chi connectivity index (χ2v) is 6.70. The third-order valence-corrected chi connectivity index (χ3v) is 3.85. The third-order valence-electron chi connectivity index (χ3n) is 2.95. The van der Waals surface area contributed by atoms with Gasteiger partial charge in [0.2, 0.25) is 0 Å². The molecule has 7 nitrogen and oxygen atoms in total. The van der Waals surface area contributed by atoms with Crippen molar-refractivity contribution in [2.45, 2.75) is 45.0 Å². The van der Waals surface area contributed by atoms with Crippen molar-refractivity contribution in [2.24, 2.45) is 0 Å². The average molecular weight is 368 g/mol. The van der Waals surface area contributed by atoms with E-state index < -0.39 is 22.5 Å². The Hall–Kier alpha value is -2.35. The van der Waals surface area contributed by atoms with Gasteiger partial charge in [0.25, 0.3) is 0 Å². The monoisotopic (exact) mass is 368 g/mol. The fourth-order valence-electron chi connectivity index (χ4n) is 1.76. The minimum atomic E-state index is -1.08. The van der Waals surface area contributed by atoms with Crippen LogP contribution in [0.2, 0.25) is 0 Å². The number of carbonyl (C=O) groups is 4. The lowest BCUT2D eigenvalue weighted by Crippen LogP contribution is -2.19. The number of Topliss-reactive ketones (excluding diaryl/α,β-unsaturated/α-hetero) is 1. The predicted octanol–water partition coefficient (Wildman–Crippen LogP) is 3.31. The van der Waals surface area contributed by atoms with Gasteiger partial charge in [0, 0.05) is 6.42 Å². The summed E-state index contributed by atoms with van der Waals surface area (Å²) < 4.78 is 10.2. The highest BCUT2D eigenvalue weighted by Gasteiger charge is 2.22. The summed E-state index contributed by atoms with van der Waals surface area (Å²) >= 11 is 0.633. The molecule has 0 saturated heterocycles. The number of carboxylic acid groups (broad SMARTS) is 1. The van der Waals surface area contributed by atoms with E-state index in [4.69, 9.17) is 14.6 Å². The molecule has 1 aromatic carbocycles. The van der Waals surface area contributed by atoms with Crippen LogP contribution in [-0.4, -0.2) is 39.5 Å². The number of carbonyl (C=O) groups excluding carboxylic acids is 3. The summed E-state index contributed by atoms with van der Waals surface area (Å²) in [6.45, 7) is 4.90. The maximum atomic E-state index is 12.0. The molecule has 1 rings (SSSR count). The minimum absolute atomic E-state index is 0.0378. The Bertz CT molecular complexity index is 654. The number of aliphatic carboxylic acids is 1. The molecule has 1 unspecified atom stereocenters. The first-order chi connectivity index (χ1) is 11.7. The van der Waals surface area contributed by atoms with Gasteiger partial charge in [-0.05, 0) is 44.7 Å². The molecule has 0 heterocycles. The highest BCUT2D eigenvalue weighted by atomic mass is 32.2. The van der Waals surface area contributed by atoms with Crippen molar-refractivity contribution >= 4 is 34.8 Å². The Morgan fingerprint density at radius 2 is 1.72 bits per heavy atom. The van der Waals surface area contributed by atoms with Crippen molar-refractivity contribution in [1.82, 2.24) is 0 Å². The van der Waals surface area contributed by atoms with E-state index in [1.807, 2.05) is 0 Å². The fourth-order valence-corrected chi connectivity index (χ4v) is 2.43. The maximum Gasteiger partial charge on any atom is 0.373 e. The molecule has 0 aliphatic carbocycles. The van der Waals surface area contributed by atoms with Gasteiger partial charge in [-0.15, -0.1) is 0 Å². The minimum Gasteiger partial charge on any atom is -0.481 e. The van der Waals surface area contributed by atoms with Crippen molar-refractivity contribution in [3.63, 3.8) is 0 Å². The van der Waals surface area contributed by atoms with Gasteiger partial charge in [-0.1, -0.05) is 12.1 Å². The number of esters is 1. The average Bonchev–Trinajstić information content (AvgIpc) is 2.52. The second kappa shape index (κ2) is 9.83. The number of carboxylic acids is 1. The van der Waals surface area contributed by atoms with Crippen molar-refractivity contribution in [2.75, 3.05) is 0 Å². The van der Waals surface area contributed by atoms with E-state index in [0.29, 0.717) is 11.8 Å². The van der Waals surface area contributed by atoms with Crippen LogP contribution in [0.25, 0.3) is 0 Å². The fraction of sp³-hybridized carbons (Fsp3) is 0.412. The standard InChI is InChI=1S/C17H20O7S/c1-10(2)23-16(21)12-6-4-5-7-14(12)24-17(22)25-11(3)13(18)8-9-15(19)20/h4-7,10-11H,8-9H2,1-3H3,(H,19,20). The van der Waals surface area contributed by atoms with Gasteiger partial charge in [-0.3, -0.25) is 9.59 Å². The van der Waals surface area contributed by atoms with Crippen molar-refractivity contribution in [1.29, 1.82) is 0 Å². The van der Waals surface area contributed by atoms with E-state index in [0.717, 1.165) is 0 Å². The van der Waals surface area contributed by atoms with Gasteiger partial charge in [0.05, 0.1) is 17.8 Å². The van der Waals surface area contributed by atoms with Crippen LogP contribution in [0.5, 0.6) is 5.75 Å². The number of para-hydroxylation sites is 1. The smallest absolute Gasteiger partial charge is 0.373 e. The normalized spacial score (nSPS) is 11.7. The number of ketones is 1. The molecule has 0 spiro atoms. The number of thioether (sulfide) groups is 1. The maximum absolute atomic E-state index is 12.0. The molecular formula is C17H20O7S. The molecule has 8 heteroatoms. The lowest BCUT2D eigenvalue weighted by atomic mass is 10.2. The Morgan fingerprint density at radius 3 is 2.32 bits per heavy atom. The molecule has 0 saturated carbocycles. The van der Waals surface area contributed by atoms with Gasteiger partial charge < -0.3 is 14.6 Å². The van der Waals surface area contributed by atoms with E-state index in [1.165, 1.54) is 19.1 Å². The molecule has 0 radical (unpaired) electrons. The number of hydrogen-bond acceptors (Lipinski definition) is 7. The largest absolute Gasteiger partial charge is 0.481 e. The molecule has 1 aromatic rings. The van der Waals surface area contributed by atoms with Crippen LogP contribution in [0.3, 0.4) is 0 Å². The van der Waals surface area contributed by atoms with Gasteiger partial charge in [0.1, 0.15) is 17.1 Å². The molecule has 1 N–H and O–H groups in total. The Labute approximate surface area is 149 Å². The van der Waals surface area contributed by atoms with Crippen molar-refractivity contribution in [3.05, 3.63) is 29.8 Å². The van der Waals surface area contributed by atoms with Crippen LogP contribution in [0.4, 0.5) is 4.79 Å². The van der Waals surface area contributed by atoms with Crippen LogP contribution >= 0.6 is 11.8 Å². The summed E-state index contributed by atoms with van der Waals surface area (Å²) in [5.74, 6) is -2.02. The predicted molar refractivity (Wildman–Crippen MR) is 91.9 cm³/mol. The molecule has 0 fully saturated rings. The zero-order valence-electron chi connectivity index (χ0n) is 14.2. The topological polar surface area (TPSA) is 107 Å². The van der Waals surface area contributed by atoms with Gasteiger partial charge in [-0.25, -0.2) is 9.59 Å². The summed E-state index contributed by atoms with van der Waals surface area (Å²) in [4.78, 5) is 46.2. The van der Waals surface area contributed by atoms with Crippen LogP contribution in [0.15, 0.2) is 24.3 Å². The summed E-state index contributed by atoms with van der Waals surface area (Å²) in [6.07, 6.45) is -0.769. The summed E-state index contributed by atoms with van der Waals surface area (Å²) in [5.41, 5.74) is 0.106. The lowest BCUT2D eigenvalue weighted by Gasteiger charge is -2.12.